The third-order valence-corrected chi connectivity index (χ3v) is 6.34. The van der Waals surface area contributed by atoms with Gasteiger partial charge in [-0.05, 0) is 42.0 Å². The van der Waals surface area contributed by atoms with E-state index in [0.717, 1.165) is 49.5 Å². The summed E-state index contributed by atoms with van der Waals surface area (Å²) in [7, 11) is 3.57. The first-order valence-corrected chi connectivity index (χ1v) is 11.8. The number of rotatable bonds is 8. The van der Waals surface area contributed by atoms with Crippen LogP contribution in [0.15, 0.2) is 41.5 Å². The van der Waals surface area contributed by atoms with Crippen LogP contribution in [0.2, 0.25) is 0 Å². The second-order valence-corrected chi connectivity index (χ2v) is 10.9. The Hall–Kier alpha value is -1.98. The topological polar surface area (TPSA) is 42.0 Å². The van der Waals surface area contributed by atoms with Crippen LogP contribution in [0.4, 0.5) is 0 Å². The summed E-state index contributed by atoms with van der Waals surface area (Å²) in [6, 6.07) is 6.05. The molecule has 5 nitrogen and oxygen atoms in total. The minimum absolute atomic E-state index is 0.0187. The molecule has 1 fully saturated rings. The van der Waals surface area contributed by atoms with Gasteiger partial charge in [-0.1, -0.05) is 44.6 Å². The lowest BCUT2D eigenvalue weighted by Gasteiger charge is -2.41. The Balaban J connectivity index is 1.52. The predicted octanol–water partition coefficient (Wildman–Crippen LogP) is 4.89. The quantitative estimate of drug-likeness (QED) is 0.518. The molecule has 0 N–H and O–H groups in total. The van der Waals surface area contributed by atoms with Crippen LogP contribution < -0.4 is 9.47 Å². The van der Waals surface area contributed by atoms with E-state index >= 15 is 0 Å². The monoisotopic (exact) mass is 460 g/mol. The van der Waals surface area contributed by atoms with Crippen LogP contribution >= 0.6 is 11.6 Å². The normalized spacial score (nSPS) is 19.7. The fourth-order valence-corrected chi connectivity index (χ4v) is 4.66. The van der Waals surface area contributed by atoms with Gasteiger partial charge in [0.05, 0.1) is 18.4 Å². The molecule has 1 aromatic rings. The van der Waals surface area contributed by atoms with Gasteiger partial charge >= 0.3 is 0 Å². The first-order chi connectivity index (χ1) is 15.1. The molecule has 1 saturated heterocycles. The molecule has 0 radical (unpaired) electrons. The van der Waals surface area contributed by atoms with E-state index in [-0.39, 0.29) is 22.6 Å². The van der Waals surface area contributed by atoms with Crippen molar-refractivity contribution >= 4 is 17.5 Å². The van der Waals surface area contributed by atoms with E-state index in [9.17, 15) is 4.79 Å². The van der Waals surface area contributed by atoms with Gasteiger partial charge in [-0.2, -0.15) is 0 Å². The molecular formula is C26H37ClN2O3. The zero-order chi connectivity index (χ0) is 23.5. The van der Waals surface area contributed by atoms with Crippen molar-refractivity contribution in [3.8, 4) is 11.5 Å². The smallest absolute Gasteiger partial charge is 0.228 e. The Labute approximate surface area is 198 Å². The lowest BCUT2D eigenvalue weighted by Crippen LogP contribution is -2.54. The van der Waals surface area contributed by atoms with Crippen molar-refractivity contribution in [2.45, 2.75) is 46.0 Å². The van der Waals surface area contributed by atoms with Crippen LogP contribution in [0.25, 0.3) is 0 Å². The second kappa shape index (κ2) is 10.3. The number of allylic oxidation sites excluding steroid dienone is 3. The average molecular weight is 461 g/mol. The van der Waals surface area contributed by atoms with Gasteiger partial charge in [0.25, 0.3) is 0 Å². The highest BCUT2D eigenvalue weighted by Gasteiger charge is 2.35. The van der Waals surface area contributed by atoms with Gasteiger partial charge in [-0.25, -0.2) is 0 Å². The number of carbonyl (C=O) groups excluding carboxylic acids is 1. The predicted molar refractivity (Wildman–Crippen MR) is 130 cm³/mol. The fourth-order valence-electron chi connectivity index (χ4n) is 4.28. The summed E-state index contributed by atoms with van der Waals surface area (Å²) < 4.78 is 11.6. The summed E-state index contributed by atoms with van der Waals surface area (Å²) in [5.74, 6) is 1.77. The highest BCUT2D eigenvalue weighted by Crippen LogP contribution is 2.32. The Morgan fingerprint density at radius 2 is 1.94 bits per heavy atom. The van der Waals surface area contributed by atoms with E-state index < -0.39 is 0 Å². The zero-order valence-corrected chi connectivity index (χ0v) is 21.0. The third kappa shape index (κ3) is 6.52. The van der Waals surface area contributed by atoms with Crippen molar-refractivity contribution in [1.82, 2.24) is 9.80 Å². The largest absolute Gasteiger partial charge is 0.493 e. The van der Waals surface area contributed by atoms with Crippen LogP contribution in [-0.4, -0.2) is 61.5 Å². The molecule has 0 saturated carbocycles. The van der Waals surface area contributed by atoms with E-state index in [0.29, 0.717) is 12.4 Å². The van der Waals surface area contributed by atoms with Crippen molar-refractivity contribution in [2.75, 3.05) is 40.4 Å². The fraction of sp³-hybridized carbons (Fsp3) is 0.577. The number of methoxy groups -OCH3 is 1. The number of amides is 1. The Bertz CT molecular complexity index is 882. The van der Waals surface area contributed by atoms with Gasteiger partial charge in [0.2, 0.25) is 5.91 Å². The molecule has 3 rings (SSSR count). The molecule has 1 unspecified atom stereocenters. The molecule has 1 atom stereocenters. The van der Waals surface area contributed by atoms with Gasteiger partial charge in [0.1, 0.15) is 6.61 Å². The minimum Gasteiger partial charge on any atom is -0.493 e. The summed E-state index contributed by atoms with van der Waals surface area (Å²) in [5.41, 5.74) is 3.62. The summed E-state index contributed by atoms with van der Waals surface area (Å²) in [4.78, 5) is 16.8. The number of halogens is 1. The molecule has 1 aromatic carbocycles. The first kappa shape index (κ1) is 24.7. The number of alkyl halides is 1. The van der Waals surface area contributed by atoms with Crippen LogP contribution in [0, 0.1) is 11.3 Å². The summed E-state index contributed by atoms with van der Waals surface area (Å²) in [6.07, 6.45) is 5.01. The van der Waals surface area contributed by atoms with E-state index in [1.165, 1.54) is 5.57 Å². The van der Waals surface area contributed by atoms with Gasteiger partial charge in [0, 0.05) is 33.2 Å². The molecule has 2 aliphatic rings. The molecule has 6 heteroatoms. The molecule has 0 bridgehead atoms. The van der Waals surface area contributed by atoms with E-state index in [2.05, 4.69) is 50.8 Å². The van der Waals surface area contributed by atoms with Gasteiger partial charge < -0.3 is 14.4 Å². The van der Waals surface area contributed by atoms with Crippen LogP contribution in [-0.2, 0) is 11.3 Å². The van der Waals surface area contributed by atoms with Crippen molar-refractivity contribution in [3.63, 3.8) is 0 Å². The highest BCUT2D eigenvalue weighted by atomic mass is 35.5. The zero-order valence-electron chi connectivity index (χ0n) is 20.3. The highest BCUT2D eigenvalue weighted by molar-refractivity contribution is 6.22. The maximum Gasteiger partial charge on any atom is 0.228 e. The lowest BCUT2D eigenvalue weighted by atomic mass is 9.93. The molecular weight excluding hydrogens is 424 g/mol. The summed E-state index contributed by atoms with van der Waals surface area (Å²) >= 11 is 6.45. The first-order valence-electron chi connectivity index (χ1n) is 11.3. The third-order valence-electron chi connectivity index (χ3n) is 5.91. The van der Waals surface area contributed by atoms with Gasteiger partial charge in [0.15, 0.2) is 11.5 Å². The van der Waals surface area contributed by atoms with Crippen molar-refractivity contribution in [1.29, 1.82) is 0 Å². The van der Waals surface area contributed by atoms with Gasteiger partial charge in [-0.3, -0.25) is 9.69 Å². The maximum absolute atomic E-state index is 12.6. The van der Waals surface area contributed by atoms with Gasteiger partial charge in [-0.15, -0.1) is 11.6 Å². The Morgan fingerprint density at radius 3 is 2.56 bits per heavy atom. The molecule has 1 amide bonds. The minimum atomic E-state index is -0.0187. The van der Waals surface area contributed by atoms with E-state index in [4.69, 9.17) is 21.1 Å². The molecule has 32 heavy (non-hydrogen) atoms. The number of ether oxygens (including phenoxy) is 2. The molecule has 1 heterocycles. The number of nitrogens with zero attached hydrogens (tertiary/aromatic N) is 2. The molecule has 0 aromatic heterocycles. The van der Waals surface area contributed by atoms with Crippen LogP contribution in [0.5, 0.6) is 11.5 Å². The number of likely N-dealkylation sites (tertiary alicyclic amines) is 1. The van der Waals surface area contributed by atoms with E-state index in [1.807, 2.05) is 24.1 Å². The number of benzene rings is 1. The molecule has 176 valence electrons. The standard InChI is InChI=1S/C26H37ClN2O3/c1-18-7-9-20(22(27)11-18)16-32-23-10-8-19(12-24(23)31-6)13-29-14-21(15-29)25(30)28(5)17-26(2,3)4/h7-10,12,21-22H,11,13-17H2,1-6H3. The number of carbonyl (C=O) groups is 1. The molecule has 1 aliphatic heterocycles. The Morgan fingerprint density at radius 1 is 1.22 bits per heavy atom. The number of hydrogen-bond acceptors (Lipinski definition) is 4. The second-order valence-electron chi connectivity index (χ2n) is 10.3. The maximum atomic E-state index is 12.6. The Kier molecular flexibility index (Phi) is 7.94. The van der Waals surface area contributed by atoms with Crippen LogP contribution in [0.1, 0.15) is 39.7 Å². The molecule has 1 aliphatic carbocycles. The average Bonchev–Trinajstić information content (AvgIpc) is 2.68. The van der Waals surface area contributed by atoms with Crippen molar-refractivity contribution in [2.24, 2.45) is 11.3 Å². The SMILES string of the molecule is COc1cc(CN2CC(C(=O)N(C)CC(C)(C)C)C2)ccc1OCC1=CC=C(C)CC1Cl. The van der Waals surface area contributed by atoms with E-state index in [1.54, 1.807) is 7.11 Å². The lowest BCUT2D eigenvalue weighted by molar-refractivity contribution is -0.141. The van der Waals surface area contributed by atoms with Crippen LogP contribution in [0.3, 0.4) is 0 Å². The van der Waals surface area contributed by atoms with Crippen molar-refractivity contribution < 1.29 is 14.3 Å². The molecule has 0 spiro atoms. The van der Waals surface area contributed by atoms with Crippen molar-refractivity contribution in [3.05, 3.63) is 47.1 Å². The summed E-state index contributed by atoms with van der Waals surface area (Å²) in [5, 5.41) is -0.0187. The summed E-state index contributed by atoms with van der Waals surface area (Å²) in [6.45, 7) is 12.2. The number of hydrogen-bond donors (Lipinski definition) is 0.